The molecule has 3 aliphatic rings. The molecule has 2 aliphatic heterocycles. The highest BCUT2D eigenvalue weighted by Gasteiger charge is 2.21. The van der Waals surface area contributed by atoms with E-state index in [1.807, 2.05) is 12.1 Å². The number of aliphatic hydroxyl groups is 1. The first-order chi connectivity index (χ1) is 14.7. The second-order valence-corrected chi connectivity index (χ2v) is 8.51. The maximum absolute atomic E-state index is 10.4. The summed E-state index contributed by atoms with van der Waals surface area (Å²) in [6, 6.07) is 12.5. The summed E-state index contributed by atoms with van der Waals surface area (Å²) >= 11 is 0. The zero-order chi connectivity index (χ0) is 20.3. The SMILES string of the molecule is O[C@@H](COc1ccc2c(c1)CCC2)CN1CCN(Cc2ccc3c(c2)OCO3)CC1. The van der Waals surface area contributed by atoms with Gasteiger partial charge in [0, 0.05) is 39.3 Å². The molecular formula is C24H30N2O4. The number of ether oxygens (including phenoxy) is 3. The van der Waals surface area contributed by atoms with Gasteiger partial charge in [-0.05, 0) is 60.2 Å². The van der Waals surface area contributed by atoms with Crippen molar-refractivity contribution in [1.82, 2.24) is 9.80 Å². The summed E-state index contributed by atoms with van der Waals surface area (Å²) in [5.74, 6) is 2.56. The fourth-order valence-corrected chi connectivity index (χ4v) is 4.61. The molecule has 160 valence electrons. The summed E-state index contributed by atoms with van der Waals surface area (Å²) in [5, 5.41) is 10.4. The second kappa shape index (κ2) is 8.84. The first-order valence-electron chi connectivity index (χ1n) is 11.0. The molecule has 5 rings (SSSR count). The van der Waals surface area contributed by atoms with E-state index in [0.717, 1.165) is 56.4 Å². The summed E-state index contributed by atoms with van der Waals surface area (Å²) in [6.45, 7) is 6.13. The first kappa shape index (κ1) is 19.7. The number of benzene rings is 2. The van der Waals surface area contributed by atoms with Crippen molar-refractivity contribution in [2.24, 2.45) is 0 Å². The van der Waals surface area contributed by atoms with Gasteiger partial charge in [-0.1, -0.05) is 12.1 Å². The number of aryl methyl sites for hydroxylation is 2. The lowest BCUT2D eigenvalue weighted by atomic mass is 10.1. The summed E-state index contributed by atoms with van der Waals surface area (Å²) < 4.78 is 16.7. The van der Waals surface area contributed by atoms with E-state index in [-0.39, 0.29) is 0 Å². The Hall–Kier alpha value is -2.28. The van der Waals surface area contributed by atoms with E-state index in [1.54, 1.807) is 0 Å². The van der Waals surface area contributed by atoms with E-state index in [9.17, 15) is 5.11 Å². The largest absolute Gasteiger partial charge is 0.491 e. The van der Waals surface area contributed by atoms with Gasteiger partial charge in [0.05, 0.1) is 0 Å². The van der Waals surface area contributed by atoms with E-state index in [1.165, 1.54) is 29.5 Å². The van der Waals surface area contributed by atoms with E-state index in [2.05, 4.69) is 34.1 Å². The highest BCUT2D eigenvalue weighted by Crippen LogP contribution is 2.33. The van der Waals surface area contributed by atoms with E-state index in [4.69, 9.17) is 14.2 Å². The van der Waals surface area contributed by atoms with Crippen molar-refractivity contribution in [3.8, 4) is 17.2 Å². The smallest absolute Gasteiger partial charge is 0.231 e. The Morgan fingerprint density at radius 1 is 0.900 bits per heavy atom. The Morgan fingerprint density at radius 2 is 1.70 bits per heavy atom. The van der Waals surface area contributed by atoms with Crippen molar-refractivity contribution in [1.29, 1.82) is 0 Å². The van der Waals surface area contributed by atoms with E-state index < -0.39 is 6.10 Å². The van der Waals surface area contributed by atoms with Crippen molar-refractivity contribution in [3.05, 3.63) is 53.1 Å². The standard InChI is InChI=1S/C24H30N2O4/c27-21(16-28-22-6-5-19-2-1-3-20(19)13-22)15-26-10-8-25(9-11-26)14-18-4-7-23-24(12-18)30-17-29-23/h4-7,12-13,21,27H,1-3,8-11,14-17H2/t21-/m1/s1. The Bertz CT molecular complexity index is 880. The van der Waals surface area contributed by atoms with Gasteiger partial charge in [-0.15, -0.1) is 0 Å². The van der Waals surface area contributed by atoms with Crippen LogP contribution in [-0.2, 0) is 19.4 Å². The Balaban J connectivity index is 1.04. The fraction of sp³-hybridized carbons (Fsp3) is 0.500. The van der Waals surface area contributed by atoms with Crippen molar-refractivity contribution >= 4 is 0 Å². The predicted octanol–water partition coefficient (Wildman–Crippen LogP) is 2.46. The molecular weight excluding hydrogens is 380 g/mol. The van der Waals surface area contributed by atoms with Crippen LogP contribution in [0.4, 0.5) is 0 Å². The Labute approximate surface area is 178 Å². The van der Waals surface area contributed by atoms with Crippen molar-refractivity contribution in [3.63, 3.8) is 0 Å². The Kier molecular flexibility index (Phi) is 5.79. The van der Waals surface area contributed by atoms with Crippen LogP contribution in [0.1, 0.15) is 23.1 Å². The van der Waals surface area contributed by atoms with Gasteiger partial charge in [0.25, 0.3) is 0 Å². The van der Waals surface area contributed by atoms with Crippen LogP contribution in [0.2, 0.25) is 0 Å². The topological polar surface area (TPSA) is 54.4 Å². The van der Waals surface area contributed by atoms with Gasteiger partial charge in [0.15, 0.2) is 11.5 Å². The number of hydrogen-bond donors (Lipinski definition) is 1. The maximum atomic E-state index is 10.4. The molecule has 6 nitrogen and oxygen atoms in total. The Morgan fingerprint density at radius 3 is 2.60 bits per heavy atom. The van der Waals surface area contributed by atoms with Crippen LogP contribution in [-0.4, -0.2) is 67.1 Å². The lowest BCUT2D eigenvalue weighted by Gasteiger charge is -2.35. The molecule has 1 saturated heterocycles. The van der Waals surface area contributed by atoms with Crippen molar-refractivity contribution in [2.75, 3.05) is 46.1 Å². The third-order valence-corrected chi connectivity index (χ3v) is 6.29. The van der Waals surface area contributed by atoms with Crippen LogP contribution in [0.5, 0.6) is 17.2 Å². The zero-order valence-electron chi connectivity index (χ0n) is 17.4. The molecule has 0 spiro atoms. The van der Waals surface area contributed by atoms with Crippen LogP contribution in [0.25, 0.3) is 0 Å². The molecule has 0 aromatic heterocycles. The highest BCUT2D eigenvalue weighted by molar-refractivity contribution is 5.44. The van der Waals surface area contributed by atoms with E-state index >= 15 is 0 Å². The average molecular weight is 411 g/mol. The van der Waals surface area contributed by atoms with Crippen LogP contribution >= 0.6 is 0 Å². The average Bonchev–Trinajstić information content (AvgIpc) is 3.42. The fourth-order valence-electron chi connectivity index (χ4n) is 4.61. The third-order valence-electron chi connectivity index (χ3n) is 6.29. The molecule has 0 bridgehead atoms. The molecule has 1 atom stereocenters. The van der Waals surface area contributed by atoms with Crippen molar-refractivity contribution in [2.45, 2.75) is 31.9 Å². The quantitative estimate of drug-likeness (QED) is 0.757. The molecule has 1 N–H and O–H groups in total. The minimum absolute atomic E-state index is 0.315. The molecule has 0 radical (unpaired) electrons. The minimum atomic E-state index is -0.473. The summed E-state index contributed by atoms with van der Waals surface area (Å²) in [6.07, 6.45) is 3.09. The molecule has 0 unspecified atom stereocenters. The number of nitrogens with zero attached hydrogens (tertiary/aromatic N) is 2. The number of piperazine rings is 1. The van der Waals surface area contributed by atoms with Gasteiger partial charge in [-0.3, -0.25) is 9.80 Å². The summed E-state index contributed by atoms with van der Waals surface area (Å²) in [7, 11) is 0. The second-order valence-electron chi connectivity index (χ2n) is 8.51. The van der Waals surface area contributed by atoms with Gasteiger partial charge >= 0.3 is 0 Å². The third kappa shape index (κ3) is 4.56. The lowest BCUT2D eigenvalue weighted by molar-refractivity contribution is 0.0446. The zero-order valence-corrected chi connectivity index (χ0v) is 17.4. The van der Waals surface area contributed by atoms with Gasteiger partial charge < -0.3 is 19.3 Å². The number of hydrogen-bond acceptors (Lipinski definition) is 6. The minimum Gasteiger partial charge on any atom is -0.491 e. The van der Waals surface area contributed by atoms with E-state index in [0.29, 0.717) is 19.9 Å². The lowest BCUT2D eigenvalue weighted by Crippen LogP contribution is -2.48. The van der Waals surface area contributed by atoms with Crippen LogP contribution in [0.3, 0.4) is 0 Å². The molecule has 2 aromatic rings. The van der Waals surface area contributed by atoms with Crippen LogP contribution in [0, 0.1) is 0 Å². The summed E-state index contributed by atoms with van der Waals surface area (Å²) in [5.41, 5.74) is 4.09. The molecule has 1 aliphatic carbocycles. The van der Waals surface area contributed by atoms with Gasteiger partial charge in [-0.2, -0.15) is 0 Å². The highest BCUT2D eigenvalue weighted by atomic mass is 16.7. The monoisotopic (exact) mass is 410 g/mol. The normalized spacial score (nSPS) is 19.6. The molecule has 6 heteroatoms. The van der Waals surface area contributed by atoms with Gasteiger partial charge in [-0.25, -0.2) is 0 Å². The first-order valence-corrected chi connectivity index (χ1v) is 11.0. The molecule has 0 saturated carbocycles. The van der Waals surface area contributed by atoms with Crippen LogP contribution < -0.4 is 14.2 Å². The maximum Gasteiger partial charge on any atom is 0.231 e. The molecule has 2 heterocycles. The van der Waals surface area contributed by atoms with Gasteiger partial charge in [0.2, 0.25) is 6.79 Å². The number of β-amino-alcohol motifs (C(OH)–C–C–N with tert-alkyl or cyclic N) is 1. The predicted molar refractivity (Wildman–Crippen MR) is 114 cm³/mol. The number of fused-ring (bicyclic) bond motifs is 2. The molecule has 1 fully saturated rings. The summed E-state index contributed by atoms with van der Waals surface area (Å²) in [4.78, 5) is 4.77. The number of rotatable bonds is 7. The number of aliphatic hydroxyl groups excluding tert-OH is 1. The van der Waals surface area contributed by atoms with Crippen molar-refractivity contribution < 1.29 is 19.3 Å². The van der Waals surface area contributed by atoms with Crippen LogP contribution in [0.15, 0.2) is 36.4 Å². The molecule has 2 aromatic carbocycles. The molecule has 0 amide bonds. The molecule has 30 heavy (non-hydrogen) atoms. The van der Waals surface area contributed by atoms with Gasteiger partial charge in [0.1, 0.15) is 18.5 Å².